The maximum atomic E-state index is 11.9. The lowest BCUT2D eigenvalue weighted by Gasteiger charge is -2.16. The predicted molar refractivity (Wildman–Crippen MR) is 74.0 cm³/mol. The first-order chi connectivity index (χ1) is 9.66. The van der Waals surface area contributed by atoms with E-state index in [4.69, 9.17) is 4.42 Å². The third-order valence-electron chi connectivity index (χ3n) is 2.84. The highest BCUT2D eigenvalue weighted by molar-refractivity contribution is 5.96. The SMILES string of the molecule is CN(Cc1ccco1)C(=O)CNC(=O)c1ccccc1. The topological polar surface area (TPSA) is 62.6 Å². The molecule has 1 aromatic heterocycles. The number of furan rings is 1. The van der Waals surface area contributed by atoms with Crippen molar-refractivity contribution in [2.45, 2.75) is 6.54 Å². The van der Waals surface area contributed by atoms with Gasteiger partial charge in [0.2, 0.25) is 5.91 Å². The molecule has 1 heterocycles. The quantitative estimate of drug-likeness (QED) is 0.900. The van der Waals surface area contributed by atoms with Gasteiger partial charge in [-0.2, -0.15) is 0 Å². The summed E-state index contributed by atoms with van der Waals surface area (Å²) in [5.41, 5.74) is 0.536. The van der Waals surface area contributed by atoms with Crippen molar-refractivity contribution >= 4 is 11.8 Å². The van der Waals surface area contributed by atoms with E-state index in [-0.39, 0.29) is 18.4 Å². The largest absolute Gasteiger partial charge is 0.467 e. The van der Waals surface area contributed by atoms with Gasteiger partial charge in [0.25, 0.3) is 5.91 Å². The first-order valence-corrected chi connectivity index (χ1v) is 6.26. The second-order valence-electron chi connectivity index (χ2n) is 4.38. The lowest BCUT2D eigenvalue weighted by molar-refractivity contribution is -0.129. The fourth-order valence-electron chi connectivity index (χ4n) is 1.71. The van der Waals surface area contributed by atoms with E-state index in [2.05, 4.69) is 5.32 Å². The minimum Gasteiger partial charge on any atom is -0.467 e. The summed E-state index contributed by atoms with van der Waals surface area (Å²) in [6.07, 6.45) is 1.56. The zero-order valence-electron chi connectivity index (χ0n) is 11.2. The maximum Gasteiger partial charge on any atom is 0.251 e. The van der Waals surface area contributed by atoms with Gasteiger partial charge in [-0.3, -0.25) is 9.59 Å². The highest BCUT2D eigenvalue weighted by Gasteiger charge is 2.12. The molecule has 0 saturated heterocycles. The number of nitrogens with one attached hydrogen (secondary N) is 1. The number of carbonyl (C=O) groups is 2. The average Bonchev–Trinajstić information content (AvgIpc) is 2.98. The Morgan fingerprint density at radius 2 is 1.90 bits per heavy atom. The Bertz CT molecular complexity index is 564. The zero-order chi connectivity index (χ0) is 14.4. The molecule has 0 aliphatic rings. The fourth-order valence-corrected chi connectivity index (χ4v) is 1.71. The van der Waals surface area contributed by atoms with Crippen LogP contribution in [0.2, 0.25) is 0 Å². The summed E-state index contributed by atoms with van der Waals surface area (Å²) >= 11 is 0. The monoisotopic (exact) mass is 272 g/mol. The second-order valence-corrected chi connectivity index (χ2v) is 4.38. The Hall–Kier alpha value is -2.56. The van der Waals surface area contributed by atoms with Crippen molar-refractivity contribution in [3.8, 4) is 0 Å². The van der Waals surface area contributed by atoms with Crippen molar-refractivity contribution in [3.63, 3.8) is 0 Å². The van der Waals surface area contributed by atoms with Crippen LogP contribution >= 0.6 is 0 Å². The Kier molecular flexibility index (Phi) is 4.55. The molecule has 5 heteroatoms. The lowest BCUT2D eigenvalue weighted by atomic mass is 10.2. The number of rotatable bonds is 5. The summed E-state index contributed by atoms with van der Waals surface area (Å²) in [6.45, 7) is 0.345. The number of amides is 2. The van der Waals surface area contributed by atoms with Crippen LogP contribution in [-0.2, 0) is 11.3 Å². The van der Waals surface area contributed by atoms with Crippen molar-refractivity contribution in [2.24, 2.45) is 0 Å². The van der Waals surface area contributed by atoms with E-state index in [1.54, 1.807) is 49.7 Å². The van der Waals surface area contributed by atoms with Gasteiger partial charge < -0.3 is 14.6 Å². The molecule has 0 fully saturated rings. The van der Waals surface area contributed by atoms with Crippen LogP contribution in [0.25, 0.3) is 0 Å². The van der Waals surface area contributed by atoms with Crippen LogP contribution in [0.15, 0.2) is 53.1 Å². The first-order valence-electron chi connectivity index (χ1n) is 6.26. The van der Waals surface area contributed by atoms with Gasteiger partial charge >= 0.3 is 0 Å². The second kappa shape index (κ2) is 6.56. The van der Waals surface area contributed by atoms with Gasteiger partial charge in [0.15, 0.2) is 0 Å². The van der Waals surface area contributed by atoms with Crippen LogP contribution in [0.5, 0.6) is 0 Å². The van der Waals surface area contributed by atoms with Gasteiger partial charge in [-0.15, -0.1) is 0 Å². The van der Waals surface area contributed by atoms with Gasteiger partial charge in [0.1, 0.15) is 5.76 Å². The average molecular weight is 272 g/mol. The molecule has 0 unspecified atom stereocenters. The van der Waals surface area contributed by atoms with Crippen LogP contribution in [-0.4, -0.2) is 30.3 Å². The van der Waals surface area contributed by atoms with E-state index in [1.807, 2.05) is 6.07 Å². The van der Waals surface area contributed by atoms with Gasteiger partial charge in [-0.25, -0.2) is 0 Å². The number of likely N-dealkylation sites (N-methyl/N-ethyl adjacent to an activating group) is 1. The highest BCUT2D eigenvalue weighted by atomic mass is 16.3. The predicted octanol–water partition coefficient (Wildman–Crippen LogP) is 1.67. The number of benzene rings is 1. The molecule has 1 N–H and O–H groups in total. The number of hydrogen-bond acceptors (Lipinski definition) is 3. The Labute approximate surface area is 117 Å². The summed E-state index contributed by atoms with van der Waals surface area (Å²) in [4.78, 5) is 25.2. The molecular weight excluding hydrogens is 256 g/mol. The summed E-state index contributed by atoms with van der Waals surface area (Å²) in [7, 11) is 1.67. The van der Waals surface area contributed by atoms with Crippen molar-refractivity contribution in [1.82, 2.24) is 10.2 Å². The van der Waals surface area contributed by atoms with Crippen LogP contribution in [0, 0.1) is 0 Å². The molecule has 5 nitrogen and oxygen atoms in total. The minimum atomic E-state index is -0.259. The molecule has 2 rings (SSSR count). The van der Waals surface area contributed by atoms with Crippen LogP contribution in [0.3, 0.4) is 0 Å². The van der Waals surface area contributed by atoms with Crippen molar-refractivity contribution in [3.05, 3.63) is 60.1 Å². The fraction of sp³-hybridized carbons (Fsp3) is 0.200. The van der Waals surface area contributed by atoms with Gasteiger partial charge in [0, 0.05) is 12.6 Å². The van der Waals surface area contributed by atoms with E-state index in [0.29, 0.717) is 17.9 Å². The highest BCUT2D eigenvalue weighted by Crippen LogP contribution is 2.03. The van der Waals surface area contributed by atoms with E-state index in [9.17, 15) is 9.59 Å². The summed E-state index contributed by atoms with van der Waals surface area (Å²) in [6, 6.07) is 12.4. The lowest BCUT2D eigenvalue weighted by Crippen LogP contribution is -2.37. The van der Waals surface area contributed by atoms with Crippen LogP contribution < -0.4 is 5.32 Å². The molecule has 104 valence electrons. The minimum absolute atomic E-state index is 0.0368. The molecule has 1 aromatic carbocycles. The summed E-state index contributed by atoms with van der Waals surface area (Å²) in [5.74, 6) is 0.270. The van der Waals surface area contributed by atoms with E-state index >= 15 is 0 Å². The Balaban J connectivity index is 1.81. The number of carbonyl (C=O) groups excluding carboxylic acids is 2. The molecule has 2 amide bonds. The molecular formula is C15H16N2O3. The molecule has 0 saturated carbocycles. The Morgan fingerprint density at radius 3 is 2.55 bits per heavy atom. The van der Waals surface area contributed by atoms with Crippen LogP contribution in [0.4, 0.5) is 0 Å². The summed E-state index contributed by atoms with van der Waals surface area (Å²) in [5, 5.41) is 2.60. The number of nitrogens with zero attached hydrogens (tertiary/aromatic N) is 1. The maximum absolute atomic E-state index is 11.9. The molecule has 0 aliphatic carbocycles. The van der Waals surface area contributed by atoms with Crippen LogP contribution in [0.1, 0.15) is 16.1 Å². The third-order valence-corrected chi connectivity index (χ3v) is 2.84. The Morgan fingerprint density at radius 1 is 1.15 bits per heavy atom. The smallest absolute Gasteiger partial charge is 0.251 e. The zero-order valence-corrected chi connectivity index (χ0v) is 11.2. The third kappa shape index (κ3) is 3.71. The molecule has 0 atom stereocenters. The standard InChI is InChI=1S/C15H16N2O3/c1-17(11-13-8-5-9-20-13)14(18)10-16-15(19)12-6-3-2-4-7-12/h2-9H,10-11H2,1H3,(H,16,19). The van der Waals surface area contributed by atoms with Crippen molar-refractivity contribution in [2.75, 3.05) is 13.6 Å². The van der Waals surface area contributed by atoms with Crippen molar-refractivity contribution in [1.29, 1.82) is 0 Å². The molecule has 0 aliphatic heterocycles. The normalized spacial score (nSPS) is 10.1. The van der Waals surface area contributed by atoms with E-state index < -0.39 is 0 Å². The number of hydrogen-bond donors (Lipinski definition) is 1. The summed E-state index contributed by atoms with van der Waals surface area (Å²) < 4.78 is 5.17. The molecule has 20 heavy (non-hydrogen) atoms. The molecule has 0 radical (unpaired) electrons. The van der Waals surface area contributed by atoms with Crippen molar-refractivity contribution < 1.29 is 14.0 Å². The molecule has 0 bridgehead atoms. The molecule has 0 spiro atoms. The van der Waals surface area contributed by atoms with Gasteiger partial charge in [-0.05, 0) is 24.3 Å². The first kappa shape index (κ1) is 13.9. The van der Waals surface area contributed by atoms with E-state index in [0.717, 1.165) is 0 Å². The van der Waals surface area contributed by atoms with E-state index in [1.165, 1.54) is 4.90 Å². The van der Waals surface area contributed by atoms with Gasteiger partial charge in [-0.1, -0.05) is 18.2 Å². The van der Waals surface area contributed by atoms with Gasteiger partial charge in [0.05, 0.1) is 19.4 Å². The molecule has 2 aromatic rings.